The summed E-state index contributed by atoms with van der Waals surface area (Å²) in [7, 11) is 1.57. The predicted octanol–water partition coefficient (Wildman–Crippen LogP) is 0.577. The molecule has 2 N–H and O–H groups in total. The summed E-state index contributed by atoms with van der Waals surface area (Å²) in [6.45, 7) is 0.947. The van der Waals surface area contributed by atoms with Crippen LogP contribution in [0.5, 0.6) is 0 Å². The standard InChI is InChI=1S/C13H20N4O2/c1-14-13(19)11-6-7-12(16-15-11)17(8-3-9-18)10-4-2-5-10/h6-7,10,18H,2-5,8-9H2,1H3,(H,14,19). The summed E-state index contributed by atoms with van der Waals surface area (Å²) in [5.41, 5.74) is 0.321. The van der Waals surface area contributed by atoms with Crippen LogP contribution in [0.25, 0.3) is 0 Å². The van der Waals surface area contributed by atoms with Crippen LogP contribution < -0.4 is 10.2 Å². The van der Waals surface area contributed by atoms with Gasteiger partial charge in [-0.3, -0.25) is 4.79 Å². The molecule has 6 heteroatoms. The van der Waals surface area contributed by atoms with E-state index in [0.29, 0.717) is 11.7 Å². The van der Waals surface area contributed by atoms with Gasteiger partial charge in [0.1, 0.15) is 0 Å². The first-order chi connectivity index (χ1) is 9.26. The fourth-order valence-electron chi connectivity index (χ4n) is 2.15. The van der Waals surface area contributed by atoms with E-state index in [1.54, 1.807) is 13.1 Å². The summed E-state index contributed by atoms with van der Waals surface area (Å²) in [4.78, 5) is 13.6. The van der Waals surface area contributed by atoms with Gasteiger partial charge in [0.15, 0.2) is 11.5 Å². The van der Waals surface area contributed by atoms with Crippen molar-refractivity contribution in [2.45, 2.75) is 31.7 Å². The monoisotopic (exact) mass is 264 g/mol. The third kappa shape index (κ3) is 3.20. The van der Waals surface area contributed by atoms with Crippen molar-refractivity contribution in [3.05, 3.63) is 17.8 Å². The zero-order valence-electron chi connectivity index (χ0n) is 11.2. The van der Waals surface area contributed by atoms with E-state index in [0.717, 1.165) is 31.6 Å². The van der Waals surface area contributed by atoms with E-state index in [2.05, 4.69) is 20.4 Å². The number of aliphatic hydroxyl groups is 1. The van der Waals surface area contributed by atoms with E-state index in [-0.39, 0.29) is 12.5 Å². The van der Waals surface area contributed by atoms with Crippen LogP contribution >= 0.6 is 0 Å². The highest BCUT2D eigenvalue weighted by molar-refractivity contribution is 5.91. The summed E-state index contributed by atoms with van der Waals surface area (Å²) in [6.07, 6.45) is 4.27. The Hall–Kier alpha value is -1.69. The molecule has 1 aliphatic rings. The maximum atomic E-state index is 11.4. The van der Waals surface area contributed by atoms with Gasteiger partial charge in [-0.1, -0.05) is 0 Å². The molecule has 104 valence electrons. The summed E-state index contributed by atoms with van der Waals surface area (Å²) >= 11 is 0. The molecule has 1 aliphatic carbocycles. The van der Waals surface area contributed by atoms with Gasteiger partial charge in [0.05, 0.1) is 0 Å². The van der Waals surface area contributed by atoms with Crippen molar-refractivity contribution in [3.63, 3.8) is 0 Å². The summed E-state index contributed by atoms with van der Waals surface area (Å²) in [5.74, 6) is 0.551. The quantitative estimate of drug-likeness (QED) is 0.785. The van der Waals surface area contributed by atoms with Crippen LogP contribution in [0.2, 0.25) is 0 Å². The van der Waals surface area contributed by atoms with E-state index < -0.39 is 0 Å². The van der Waals surface area contributed by atoms with Crippen LogP contribution in [0.15, 0.2) is 12.1 Å². The Balaban J connectivity index is 2.09. The number of nitrogens with one attached hydrogen (secondary N) is 1. The average Bonchev–Trinajstić information content (AvgIpc) is 2.40. The molecular formula is C13H20N4O2. The number of nitrogens with zero attached hydrogens (tertiary/aromatic N) is 3. The van der Waals surface area contributed by atoms with Crippen molar-refractivity contribution < 1.29 is 9.90 Å². The number of rotatable bonds is 6. The molecule has 1 aromatic rings. The molecule has 1 aromatic heterocycles. The number of hydrogen-bond donors (Lipinski definition) is 2. The van der Waals surface area contributed by atoms with E-state index in [4.69, 9.17) is 5.11 Å². The molecule has 1 heterocycles. The van der Waals surface area contributed by atoms with Crippen LogP contribution in [0.4, 0.5) is 5.82 Å². The lowest BCUT2D eigenvalue weighted by atomic mass is 9.91. The van der Waals surface area contributed by atoms with Gasteiger partial charge in [-0.2, -0.15) is 0 Å². The van der Waals surface area contributed by atoms with Crippen molar-refractivity contribution in [1.82, 2.24) is 15.5 Å². The van der Waals surface area contributed by atoms with E-state index in [1.165, 1.54) is 6.42 Å². The lowest BCUT2D eigenvalue weighted by molar-refractivity contribution is 0.0957. The Morgan fingerprint density at radius 1 is 1.47 bits per heavy atom. The molecule has 0 atom stereocenters. The lowest BCUT2D eigenvalue weighted by Gasteiger charge is -2.38. The molecule has 0 bridgehead atoms. The minimum atomic E-state index is -0.232. The number of aliphatic hydroxyl groups excluding tert-OH is 1. The van der Waals surface area contributed by atoms with Crippen molar-refractivity contribution >= 4 is 11.7 Å². The van der Waals surface area contributed by atoms with E-state index >= 15 is 0 Å². The lowest BCUT2D eigenvalue weighted by Crippen LogP contribution is -2.41. The number of amides is 1. The van der Waals surface area contributed by atoms with Crippen LogP contribution in [0, 0.1) is 0 Å². The molecule has 6 nitrogen and oxygen atoms in total. The Labute approximate surface area is 112 Å². The molecule has 2 rings (SSSR count). The Kier molecular flexibility index (Phi) is 4.68. The van der Waals surface area contributed by atoms with E-state index in [9.17, 15) is 4.79 Å². The SMILES string of the molecule is CNC(=O)c1ccc(N(CCCO)C2CCC2)nn1. The van der Waals surface area contributed by atoms with Crippen molar-refractivity contribution in [2.24, 2.45) is 0 Å². The van der Waals surface area contributed by atoms with Crippen molar-refractivity contribution in [3.8, 4) is 0 Å². The molecule has 0 saturated heterocycles. The minimum Gasteiger partial charge on any atom is -0.396 e. The molecule has 1 fully saturated rings. The molecule has 1 amide bonds. The summed E-state index contributed by atoms with van der Waals surface area (Å²) in [5, 5.41) is 19.6. The molecule has 1 saturated carbocycles. The number of aromatic nitrogens is 2. The first-order valence-corrected chi connectivity index (χ1v) is 6.69. The van der Waals surface area contributed by atoms with E-state index in [1.807, 2.05) is 6.07 Å². The van der Waals surface area contributed by atoms with Gasteiger partial charge in [0.25, 0.3) is 5.91 Å². The fraction of sp³-hybridized carbons (Fsp3) is 0.615. The Morgan fingerprint density at radius 2 is 2.26 bits per heavy atom. The molecule has 0 radical (unpaired) electrons. The van der Waals surface area contributed by atoms with Gasteiger partial charge >= 0.3 is 0 Å². The molecule has 19 heavy (non-hydrogen) atoms. The Morgan fingerprint density at radius 3 is 2.74 bits per heavy atom. The molecule has 0 aliphatic heterocycles. The maximum Gasteiger partial charge on any atom is 0.271 e. The van der Waals surface area contributed by atoms with Gasteiger partial charge in [0, 0.05) is 26.2 Å². The number of hydrogen-bond acceptors (Lipinski definition) is 5. The maximum absolute atomic E-state index is 11.4. The zero-order chi connectivity index (χ0) is 13.7. The normalized spacial score (nSPS) is 14.8. The van der Waals surface area contributed by atoms with Crippen LogP contribution in [0.1, 0.15) is 36.2 Å². The third-order valence-electron chi connectivity index (χ3n) is 3.48. The average molecular weight is 264 g/mol. The van der Waals surface area contributed by atoms with Gasteiger partial charge < -0.3 is 15.3 Å². The highest BCUT2D eigenvalue weighted by atomic mass is 16.3. The smallest absolute Gasteiger partial charge is 0.271 e. The van der Waals surface area contributed by atoms with Crippen LogP contribution in [-0.2, 0) is 0 Å². The number of carbonyl (C=O) groups excluding carboxylic acids is 1. The molecule has 0 unspecified atom stereocenters. The topological polar surface area (TPSA) is 78.4 Å². The van der Waals surface area contributed by atoms with Crippen molar-refractivity contribution in [1.29, 1.82) is 0 Å². The van der Waals surface area contributed by atoms with Crippen molar-refractivity contribution in [2.75, 3.05) is 25.1 Å². The fourth-order valence-corrected chi connectivity index (χ4v) is 2.15. The number of carbonyl (C=O) groups is 1. The zero-order valence-corrected chi connectivity index (χ0v) is 11.2. The van der Waals surface area contributed by atoms with Gasteiger partial charge in [-0.25, -0.2) is 0 Å². The second kappa shape index (κ2) is 6.47. The first-order valence-electron chi connectivity index (χ1n) is 6.69. The minimum absolute atomic E-state index is 0.174. The predicted molar refractivity (Wildman–Crippen MR) is 72.1 cm³/mol. The summed E-state index contributed by atoms with van der Waals surface area (Å²) in [6, 6.07) is 4.01. The first kappa shape index (κ1) is 13.7. The van der Waals surface area contributed by atoms with Gasteiger partial charge in [-0.05, 0) is 37.8 Å². The van der Waals surface area contributed by atoms with Gasteiger partial charge in [-0.15, -0.1) is 10.2 Å². The van der Waals surface area contributed by atoms with Crippen LogP contribution in [0.3, 0.4) is 0 Å². The number of anilines is 1. The van der Waals surface area contributed by atoms with Crippen LogP contribution in [-0.4, -0.2) is 47.5 Å². The molecule has 0 spiro atoms. The molecular weight excluding hydrogens is 244 g/mol. The highest BCUT2D eigenvalue weighted by Gasteiger charge is 2.26. The second-order valence-electron chi connectivity index (χ2n) is 4.71. The van der Waals surface area contributed by atoms with Gasteiger partial charge in [0.2, 0.25) is 0 Å². The second-order valence-corrected chi connectivity index (χ2v) is 4.71. The molecule has 0 aromatic carbocycles. The third-order valence-corrected chi connectivity index (χ3v) is 3.48. The largest absolute Gasteiger partial charge is 0.396 e. The summed E-state index contributed by atoms with van der Waals surface area (Å²) < 4.78 is 0. The highest BCUT2D eigenvalue weighted by Crippen LogP contribution is 2.28. The Bertz CT molecular complexity index is 417.